The van der Waals surface area contributed by atoms with E-state index in [1.54, 1.807) is 0 Å². The van der Waals surface area contributed by atoms with E-state index < -0.39 is 0 Å². The Kier molecular flexibility index (Phi) is 4.38. The van der Waals surface area contributed by atoms with Gasteiger partial charge in [0.05, 0.1) is 0 Å². The number of benzene rings is 1. The minimum Gasteiger partial charge on any atom is -0.329 e. The lowest BCUT2D eigenvalue weighted by atomic mass is 9.96. The predicted octanol–water partition coefficient (Wildman–Crippen LogP) is 1.55. The maximum atomic E-state index is 6.03. The normalized spacial score (nSPS) is 20.0. The average molecular weight is 247 g/mol. The summed E-state index contributed by atoms with van der Waals surface area (Å²) in [6.45, 7) is 9.61. The number of aryl methyl sites for hydroxylation is 1. The Bertz CT molecular complexity index is 395. The molecular formula is C15H25N3. The number of nitrogens with zero attached hydrogens (tertiary/aromatic N) is 2. The van der Waals surface area contributed by atoms with Gasteiger partial charge in [0.2, 0.25) is 0 Å². The van der Waals surface area contributed by atoms with Gasteiger partial charge in [-0.15, -0.1) is 0 Å². The summed E-state index contributed by atoms with van der Waals surface area (Å²) in [4.78, 5) is 4.91. The van der Waals surface area contributed by atoms with E-state index in [0.29, 0.717) is 12.6 Å². The highest BCUT2D eigenvalue weighted by molar-refractivity contribution is 5.35. The van der Waals surface area contributed by atoms with E-state index >= 15 is 0 Å². The molecule has 1 aliphatic heterocycles. The number of likely N-dealkylation sites (N-methyl/N-ethyl adjacent to an activating group) is 1. The largest absolute Gasteiger partial charge is 0.329 e. The van der Waals surface area contributed by atoms with E-state index in [0.717, 1.165) is 26.2 Å². The van der Waals surface area contributed by atoms with Gasteiger partial charge in [-0.05, 0) is 37.6 Å². The van der Waals surface area contributed by atoms with Gasteiger partial charge in [0.15, 0.2) is 0 Å². The second-order valence-electron chi connectivity index (χ2n) is 5.38. The van der Waals surface area contributed by atoms with Gasteiger partial charge in [0.25, 0.3) is 0 Å². The van der Waals surface area contributed by atoms with Crippen molar-refractivity contribution < 1.29 is 0 Å². The first-order valence-electron chi connectivity index (χ1n) is 6.82. The van der Waals surface area contributed by atoms with Crippen LogP contribution < -0.4 is 5.73 Å². The van der Waals surface area contributed by atoms with Crippen LogP contribution in [0.3, 0.4) is 0 Å². The van der Waals surface area contributed by atoms with Crippen molar-refractivity contribution in [3.8, 4) is 0 Å². The van der Waals surface area contributed by atoms with Crippen molar-refractivity contribution in [2.24, 2.45) is 5.73 Å². The molecule has 2 rings (SSSR count). The highest BCUT2D eigenvalue weighted by atomic mass is 15.3. The second kappa shape index (κ2) is 5.83. The third-order valence-corrected chi connectivity index (χ3v) is 4.21. The Labute approximate surface area is 111 Å². The van der Waals surface area contributed by atoms with Gasteiger partial charge in [0, 0.05) is 38.8 Å². The topological polar surface area (TPSA) is 32.5 Å². The van der Waals surface area contributed by atoms with E-state index in [1.165, 1.54) is 16.7 Å². The van der Waals surface area contributed by atoms with Crippen LogP contribution in [0.15, 0.2) is 18.2 Å². The molecule has 0 radical (unpaired) electrons. The van der Waals surface area contributed by atoms with Crippen LogP contribution in [0.2, 0.25) is 0 Å². The minimum atomic E-state index is 0.374. The third kappa shape index (κ3) is 2.74. The van der Waals surface area contributed by atoms with Crippen molar-refractivity contribution in [2.75, 3.05) is 39.8 Å². The van der Waals surface area contributed by atoms with Crippen LogP contribution in [0.1, 0.15) is 22.7 Å². The molecule has 18 heavy (non-hydrogen) atoms. The maximum absolute atomic E-state index is 6.03. The summed E-state index contributed by atoms with van der Waals surface area (Å²) in [5.74, 6) is 0. The zero-order chi connectivity index (χ0) is 13.1. The summed E-state index contributed by atoms with van der Waals surface area (Å²) >= 11 is 0. The van der Waals surface area contributed by atoms with Crippen molar-refractivity contribution in [2.45, 2.75) is 19.9 Å². The first-order chi connectivity index (χ1) is 8.63. The lowest BCUT2D eigenvalue weighted by molar-refractivity contribution is 0.114. The van der Waals surface area contributed by atoms with Crippen molar-refractivity contribution in [1.82, 2.24) is 9.80 Å². The van der Waals surface area contributed by atoms with Crippen LogP contribution in [0.4, 0.5) is 0 Å². The number of hydrogen-bond donors (Lipinski definition) is 1. The summed E-state index contributed by atoms with van der Waals surface area (Å²) in [6, 6.07) is 6.93. The van der Waals surface area contributed by atoms with Crippen molar-refractivity contribution >= 4 is 0 Å². The SMILES string of the molecule is Cc1cccc(C(CN)N2CCN(C)CC2)c1C. The van der Waals surface area contributed by atoms with E-state index in [1.807, 2.05) is 0 Å². The summed E-state index contributed by atoms with van der Waals surface area (Å²) in [7, 11) is 2.19. The van der Waals surface area contributed by atoms with Crippen molar-refractivity contribution in [1.29, 1.82) is 0 Å². The molecule has 1 fully saturated rings. The average Bonchev–Trinajstić information content (AvgIpc) is 2.37. The molecule has 1 atom stereocenters. The molecule has 1 saturated heterocycles. The quantitative estimate of drug-likeness (QED) is 0.879. The Balaban J connectivity index is 2.20. The number of rotatable bonds is 3. The van der Waals surface area contributed by atoms with Gasteiger partial charge in [0.1, 0.15) is 0 Å². The summed E-state index contributed by atoms with van der Waals surface area (Å²) in [5, 5.41) is 0. The maximum Gasteiger partial charge on any atom is 0.0474 e. The van der Waals surface area contributed by atoms with Crippen LogP contribution >= 0.6 is 0 Å². The second-order valence-corrected chi connectivity index (χ2v) is 5.38. The third-order valence-electron chi connectivity index (χ3n) is 4.21. The molecule has 0 saturated carbocycles. The molecule has 0 aromatic heterocycles. The van der Waals surface area contributed by atoms with E-state index in [4.69, 9.17) is 5.73 Å². The summed E-state index contributed by atoms with van der Waals surface area (Å²) in [6.07, 6.45) is 0. The Morgan fingerprint density at radius 2 is 1.83 bits per heavy atom. The lowest BCUT2D eigenvalue weighted by Crippen LogP contribution is -2.47. The highest BCUT2D eigenvalue weighted by Crippen LogP contribution is 2.25. The fourth-order valence-corrected chi connectivity index (χ4v) is 2.74. The number of hydrogen-bond acceptors (Lipinski definition) is 3. The summed E-state index contributed by atoms with van der Waals surface area (Å²) in [5.41, 5.74) is 10.2. The van der Waals surface area contributed by atoms with Crippen molar-refractivity contribution in [3.05, 3.63) is 34.9 Å². The number of piperazine rings is 1. The smallest absolute Gasteiger partial charge is 0.0474 e. The predicted molar refractivity (Wildman–Crippen MR) is 76.8 cm³/mol. The fraction of sp³-hybridized carbons (Fsp3) is 0.600. The molecule has 1 unspecified atom stereocenters. The van der Waals surface area contributed by atoms with E-state index in [2.05, 4.69) is 48.9 Å². The first kappa shape index (κ1) is 13.5. The summed E-state index contributed by atoms with van der Waals surface area (Å²) < 4.78 is 0. The van der Waals surface area contributed by atoms with Gasteiger partial charge >= 0.3 is 0 Å². The van der Waals surface area contributed by atoms with Crippen LogP contribution in [-0.2, 0) is 0 Å². The standard InChI is InChI=1S/C15H25N3/c1-12-5-4-6-14(13(12)2)15(11-16)18-9-7-17(3)8-10-18/h4-6,15H,7-11,16H2,1-3H3. The Morgan fingerprint density at radius 3 is 2.44 bits per heavy atom. The molecule has 0 bridgehead atoms. The fourth-order valence-electron chi connectivity index (χ4n) is 2.74. The zero-order valence-electron chi connectivity index (χ0n) is 11.8. The number of nitrogens with two attached hydrogens (primary N) is 1. The molecule has 0 spiro atoms. The minimum absolute atomic E-state index is 0.374. The van der Waals surface area contributed by atoms with Gasteiger partial charge < -0.3 is 10.6 Å². The highest BCUT2D eigenvalue weighted by Gasteiger charge is 2.23. The molecule has 1 aromatic carbocycles. The molecule has 2 N–H and O–H groups in total. The Morgan fingerprint density at radius 1 is 1.17 bits per heavy atom. The molecule has 0 aliphatic carbocycles. The van der Waals surface area contributed by atoms with Crippen LogP contribution in [0.25, 0.3) is 0 Å². The van der Waals surface area contributed by atoms with E-state index in [9.17, 15) is 0 Å². The molecule has 0 amide bonds. The molecule has 100 valence electrons. The molecule has 3 nitrogen and oxygen atoms in total. The van der Waals surface area contributed by atoms with Gasteiger partial charge in [-0.3, -0.25) is 4.90 Å². The van der Waals surface area contributed by atoms with Gasteiger partial charge in [-0.2, -0.15) is 0 Å². The monoisotopic (exact) mass is 247 g/mol. The van der Waals surface area contributed by atoms with Crippen LogP contribution in [0, 0.1) is 13.8 Å². The van der Waals surface area contributed by atoms with Crippen LogP contribution in [0.5, 0.6) is 0 Å². The van der Waals surface area contributed by atoms with Gasteiger partial charge in [-0.1, -0.05) is 18.2 Å². The van der Waals surface area contributed by atoms with Crippen LogP contribution in [-0.4, -0.2) is 49.6 Å². The molecule has 1 aromatic rings. The lowest BCUT2D eigenvalue weighted by Gasteiger charge is -2.38. The molecule has 1 heterocycles. The molecule has 3 heteroatoms. The molecule has 1 aliphatic rings. The van der Waals surface area contributed by atoms with Crippen molar-refractivity contribution in [3.63, 3.8) is 0 Å². The zero-order valence-corrected chi connectivity index (χ0v) is 11.8. The first-order valence-corrected chi connectivity index (χ1v) is 6.82. The van der Waals surface area contributed by atoms with Gasteiger partial charge in [-0.25, -0.2) is 0 Å². The molecular weight excluding hydrogens is 222 g/mol. The Hall–Kier alpha value is -0.900. The van der Waals surface area contributed by atoms with E-state index in [-0.39, 0.29) is 0 Å².